The van der Waals surface area contributed by atoms with Gasteiger partial charge in [-0.15, -0.1) is 0 Å². The Morgan fingerprint density at radius 3 is 3.05 bits per heavy atom. The van der Waals surface area contributed by atoms with E-state index in [9.17, 15) is 5.11 Å². The summed E-state index contributed by atoms with van der Waals surface area (Å²) in [5, 5.41) is 22.2. The van der Waals surface area contributed by atoms with Crippen LogP contribution in [0, 0.1) is 18.3 Å². The quantitative estimate of drug-likeness (QED) is 0.884. The third-order valence-corrected chi connectivity index (χ3v) is 3.75. The Labute approximate surface area is 123 Å². The zero-order valence-corrected chi connectivity index (χ0v) is 11.8. The summed E-state index contributed by atoms with van der Waals surface area (Å²) in [6.45, 7) is 1.84. The summed E-state index contributed by atoms with van der Waals surface area (Å²) in [5.41, 5.74) is 3.20. The largest absolute Gasteiger partial charge is 0.508 e. The smallest absolute Gasteiger partial charge is 0.224 e. The van der Waals surface area contributed by atoms with Gasteiger partial charge in [0.2, 0.25) is 5.95 Å². The SMILES string of the molecule is Cc1cc(C#N)nc(NC2CCCc3c(O)cccc32)n1. The van der Waals surface area contributed by atoms with Crippen LogP contribution in [0.25, 0.3) is 0 Å². The van der Waals surface area contributed by atoms with E-state index in [-0.39, 0.29) is 6.04 Å². The number of benzene rings is 1. The van der Waals surface area contributed by atoms with E-state index in [1.807, 2.05) is 25.1 Å². The molecule has 1 aliphatic carbocycles. The Morgan fingerprint density at radius 1 is 1.38 bits per heavy atom. The molecule has 106 valence electrons. The molecular weight excluding hydrogens is 264 g/mol. The summed E-state index contributed by atoms with van der Waals surface area (Å²) in [4.78, 5) is 8.53. The molecular formula is C16H16N4O. The Kier molecular flexibility index (Phi) is 3.44. The average Bonchev–Trinajstić information content (AvgIpc) is 2.48. The Morgan fingerprint density at radius 2 is 2.24 bits per heavy atom. The van der Waals surface area contributed by atoms with Crippen molar-refractivity contribution in [2.24, 2.45) is 0 Å². The lowest BCUT2D eigenvalue weighted by Crippen LogP contribution is -2.19. The third-order valence-electron chi connectivity index (χ3n) is 3.75. The van der Waals surface area contributed by atoms with Gasteiger partial charge in [0.05, 0.1) is 6.04 Å². The number of aryl methyl sites for hydroxylation is 1. The molecule has 1 atom stereocenters. The Balaban J connectivity index is 1.92. The Bertz CT molecular complexity index is 721. The molecule has 1 aromatic heterocycles. The third kappa shape index (κ3) is 2.65. The van der Waals surface area contributed by atoms with Gasteiger partial charge < -0.3 is 10.4 Å². The summed E-state index contributed by atoms with van der Waals surface area (Å²) >= 11 is 0. The molecule has 1 heterocycles. The van der Waals surface area contributed by atoms with Crippen LogP contribution in [-0.2, 0) is 6.42 Å². The van der Waals surface area contributed by atoms with Gasteiger partial charge in [-0.05, 0) is 49.4 Å². The van der Waals surface area contributed by atoms with Crippen molar-refractivity contribution in [3.8, 4) is 11.8 Å². The van der Waals surface area contributed by atoms with Crippen molar-refractivity contribution in [3.05, 3.63) is 46.8 Å². The lowest BCUT2D eigenvalue weighted by atomic mass is 9.87. The number of nitrogens with one attached hydrogen (secondary N) is 1. The van der Waals surface area contributed by atoms with Crippen LogP contribution in [0.2, 0.25) is 0 Å². The summed E-state index contributed by atoms with van der Waals surface area (Å²) < 4.78 is 0. The fourth-order valence-electron chi connectivity index (χ4n) is 2.83. The lowest BCUT2D eigenvalue weighted by Gasteiger charge is -2.27. The Hall–Kier alpha value is -2.61. The fraction of sp³-hybridized carbons (Fsp3) is 0.312. The number of fused-ring (bicyclic) bond motifs is 1. The maximum absolute atomic E-state index is 9.96. The molecule has 0 radical (unpaired) electrons. The molecule has 3 rings (SSSR count). The highest BCUT2D eigenvalue weighted by Crippen LogP contribution is 2.36. The number of nitriles is 1. The molecule has 0 amide bonds. The van der Waals surface area contributed by atoms with Gasteiger partial charge in [-0.2, -0.15) is 5.26 Å². The molecule has 0 aliphatic heterocycles. The minimum absolute atomic E-state index is 0.0641. The van der Waals surface area contributed by atoms with E-state index in [2.05, 4.69) is 15.3 Å². The highest BCUT2D eigenvalue weighted by Gasteiger charge is 2.22. The number of hydrogen-bond acceptors (Lipinski definition) is 5. The van der Waals surface area contributed by atoms with Crippen LogP contribution in [0.5, 0.6) is 5.75 Å². The van der Waals surface area contributed by atoms with Gasteiger partial charge >= 0.3 is 0 Å². The zero-order chi connectivity index (χ0) is 14.8. The van der Waals surface area contributed by atoms with Crippen LogP contribution >= 0.6 is 0 Å². The molecule has 1 aliphatic rings. The van der Waals surface area contributed by atoms with Gasteiger partial charge in [0.1, 0.15) is 17.5 Å². The van der Waals surface area contributed by atoms with Gasteiger partial charge in [0, 0.05) is 5.69 Å². The summed E-state index contributed by atoms with van der Waals surface area (Å²) in [6, 6.07) is 9.36. The number of aromatic nitrogens is 2. The molecule has 0 bridgehead atoms. The molecule has 0 saturated carbocycles. The molecule has 5 heteroatoms. The monoisotopic (exact) mass is 280 g/mol. The van der Waals surface area contributed by atoms with Crippen molar-refractivity contribution < 1.29 is 5.11 Å². The standard InChI is InChI=1S/C16H16N4O/c1-10-8-11(9-17)19-16(18-10)20-14-6-2-5-13-12(14)4-3-7-15(13)21/h3-4,7-8,14,21H,2,5-6H2,1H3,(H,18,19,20). The van der Waals surface area contributed by atoms with E-state index in [1.54, 1.807) is 12.1 Å². The topological polar surface area (TPSA) is 81.8 Å². The van der Waals surface area contributed by atoms with E-state index in [0.717, 1.165) is 36.1 Å². The molecule has 21 heavy (non-hydrogen) atoms. The maximum Gasteiger partial charge on any atom is 0.224 e. The molecule has 2 aromatic rings. The molecule has 0 spiro atoms. The highest BCUT2D eigenvalue weighted by atomic mass is 16.3. The highest BCUT2D eigenvalue weighted by molar-refractivity contribution is 5.46. The van der Waals surface area contributed by atoms with Crippen molar-refractivity contribution in [3.63, 3.8) is 0 Å². The van der Waals surface area contributed by atoms with Crippen molar-refractivity contribution >= 4 is 5.95 Å². The van der Waals surface area contributed by atoms with Gasteiger partial charge in [-0.25, -0.2) is 9.97 Å². The number of phenols is 1. The second-order valence-electron chi connectivity index (χ2n) is 5.26. The van der Waals surface area contributed by atoms with Crippen LogP contribution in [0.1, 0.15) is 41.4 Å². The van der Waals surface area contributed by atoms with Crippen molar-refractivity contribution in [1.29, 1.82) is 5.26 Å². The zero-order valence-electron chi connectivity index (χ0n) is 11.8. The van der Waals surface area contributed by atoms with Crippen LogP contribution < -0.4 is 5.32 Å². The number of nitrogens with zero attached hydrogens (tertiary/aromatic N) is 3. The molecule has 1 aromatic carbocycles. The minimum Gasteiger partial charge on any atom is -0.508 e. The first-order valence-corrected chi connectivity index (χ1v) is 7.00. The normalized spacial score (nSPS) is 16.9. The molecule has 1 unspecified atom stereocenters. The fourth-order valence-corrected chi connectivity index (χ4v) is 2.83. The predicted molar refractivity (Wildman–Crippen MR) is 78.9 cm³/mol. The van der Waals surface area contributed by atoms with E-state index in [4.69, 9.17) is 5.26 Å². The summed E-state index contributed by atoms with van der Waals surface area (Å²) in [5.74, 6) is 0.814. The molecule has 5 nitrogen and oxygen atoms in total. The second kappa shape index (κ2) is 5.41. The van der Waals surface area contributed by atoms with Gasteiger partial charge in [0.15, 0.2) is 0 Å². The van der Waals surface area contributed by atoms with Crippen LogP contribution in [0.4, 0.5) is 5.95 Å². The van der Waals surface area contributed by atoms with E-state index >= 15 is 0 Å². The predicted octanol–water partition coefficient (Wildman–Crippen LogP) is 2.85. The van der Waals surface area contributed by atoms with E-state index in [1.165, 1.54) is 0 Å². The number of phenolic OH excluding ortho intramolecular Hbond substituents is 1. The molecule has 2 N–H and O–H groups in total. The number of aromatic hydroxyl groups is 1. The second-order valence-corrected chi connectivity index (χ2v) is 5.26. The minimum atomic E-state index is 0.0641. The first kappa shape index (κ1) is 13.4. The van der Waals surface area contributed by atoms with Crippen LogP contribution in [-0.4, -0.2) is 15.1 Å². The summed E-state index contributed by atoms with van der Waals surface area (Å²) in [7, 11) is 0. The van der Waals surface area contributed by atoms with E-state index < -0.39 is 0 Å². The van der Waals surface area contributed by atoms with Crippen LogP contribution in [0.3, 0.4) is 0 Å². The average molecular weight is 280 g/mol. The first-order valence-electron chi connectivity index (χ1n) is 7.00. The van der Waals surface area contributed by atoms with Gasteiger partial charge in [-0.1, -0.05) is 12.1 Å². The number of rotatable bonds is 2. The number of anilines is 1. The van der Waals surface area contributed by atoms with Crippen LogP contribution in [0.15, 0.2) is 24.3 Å². The summed E-state index contributed by atoms with van der Waals surface area (Å²) in [6.07, 6.45) is 2.84. The van der Waals surface area contributed by atoms with Gasteiger partial charge in [-0.3, -0.25) is 0 Å². The molecule has 0 saturated heterocycles. The molecule has 0 fully saturated rings. The number of hydrogen-bond donors (Lipinski definition) is 2. The van der Waals surface area contributed by atoms with Crippen molar-refractivity contribution in [2.75, 3.05) is 5.32 Å². The van der Waals surface area contributed by atoms with Gasteiger partial charge in [0.25, 0.3) is 0 Å². The lowest BCUT2D eigenvalue weighted by molar-refractivity contribution is 0.457. The van der Waals surface area contributed by atoms with Crippen molar-refractivity contribution in [2.45, 2.75) is 32.2 Å². The van der Waals surface area contributed by atoms with Crippen molar-refractivity contribution in [1.82, 2.24) is 9.97 Å². The first-order chi connectivity index (χ1) is 10.2. The maximum atomic E-state index is 9.96. The van der Waals surface area contributed by atoms with E-state index in [0.29, 0.717) is 17.4 Å².